The number of hydrogen-bond acceptors (Lipinski definition) is 2. The first-order chi connectivity index (χ1) is 5.31. The molecule has 0 saturated heterocycles. The second-order valence-electron chi connectivity index (χ2n) is 2.99. The Labute approximate surface area is 75.3 Å². The zero-order valence-electron chi connectivity index (χ0n) is 8.02. The van der Waals surface area contributed by atoms with Crippen LogP contribution in [0.1, 0.15) is 27.2 Å². The lowest BCUT2D eigenvalue weighted by molar-refractivity contribution is 0.574. The van der Waals surface area contributed by atoms with Gasteiger partial charge in [0.15, 0.2) is 0 Å². The van der Waals surface area contributed by atoms with Gasteiger partial charge in [-0.2, -0.15) is 11.8 Å². The molecule has 0 aromatic heterocycles. The van der Waals surface area contributed by atoms with E-state index in [1.54, 1.807) is 0 Å². The van der Waals surface area contributed by atoms with Crippen molar-refractivity contribution in [3.05, 3.63) is 0 Å². The Morgan fingerprint density at radius 1 is 1.36 bits per heavy atom. The van der Waals surface area contributed by atoms with Crippen LogP contribution in [0.15, 0.2) is 0 Å². The molecule has 0 heterocycles. The van der Waals surface area contributed by atoms with E-state index in [1.165, 1.54) is 24.5 Å². The molecule has 1 nitrogen and oxygen atoms in total. The Balaban J connectivity index is 3.02. The van der Waals surface area contributed by atoms with Gasteiger partial charge >= 0.3 is 0 Å². The van der Waals surface area contributed by atoms with Crippen molar-refractivity contribution in [3.8, 4) is 0 Å². The Hall–Kier alpha value is 0.310. The quantitative estimate of drug-likeness (QED) is 0.596. The Bertz CT molecular complexity index is 76.0. The van der Waals surface area contributed by atoms with Gasteiger partial charge in [-0.1, -0.05) is 20.8 Å². The minimum absolute atomic E-state index is 0.825. The van der Waals surface area contributed by atoms with E-state index >= 15 is 0 Å². The summed E-state index contributed by atoms with van der Waals surface area (Å²) >= 11 is 2.07. The Kier molecular flexibility index (Phi) is 8.64. The van der Waals surface area contributed by atoms with Gasteiger partial charge in [0.2, 0.25) is 0 Å². The predicted molar refractivity (Wildman–Crippen MR) is 55.3 cm³/mol. The average molecular weight is 175 g/mol. The topological polar surface area (TPSA) is 12.0 Å². The molecule has 0 aromatic rings. The zero-order valence-corrected chi connectivity index (χ0v) is 8.84. The van der Waals surface area contributed by atoms with Crippen molar-refractivity contribution >= 4 is 11.8 Å². The number of nitrogens with one attached hydrogen (secondary N) is 1. The van der Waals surface area contributed by atoms with Gasteiger partial charge in [-0.3, -0.25) is 0 Å². The maximum absolute atomic E-state index is 3.36. The molecule has 2 heteroatoms. The van der Waals surface area contributed by atoms with E-state index < -0.39 is 0 Å². The molecule has 0 spiro atoms. The van der Waals surface area contributed by atoms with Gasteiger partial charge in [-0.05, 0) is 36.9 Å². The molecule has 0 rings (SSSR count). The van der Waals surface area contributed by atoms with Crippen molar-refractivity contribution in [1.82, 2.24) is 5.32 Å². The molecule has 0 fully saturated rings. The van der Waals surface area contributed by atoms with Gasteiger partial charge in [-0.25, -0.2) is 0 Å². The van der Waals surface area contributed by atoms with E-state index in [2.05, 4.69) is 37.8 Å². The molecular formula is C9H21NS. The highest BCUT2D eigenvalue weighted by Gasteiger charge is 1.99. The highest BCUT2D eigenvalue weighted by molar-refractivity contribution is 7.99. The molecule has 0 amide bonds. The standard InChI is InChI=1S/C9H21NS/c1-4-6-11-8-9(3)7-10-5-2/h9-10H,4-8H2,1-3H3. The van der Waals surface area contributed by atoms with Gasteiger partial charge in [0.05, 0.1) is 0 Å². The fourth-order valence-corrected chi connectivity index (χ4v) is 1.85. The second-order valence-corrected chi connectivity index (χ2v) is 4.14. The van der Waals surface area contributed by atoms with Crippen LogP contribution in [-0.4, -0.2) is 24.6 Å². The van der Waals surface area contributed by atoms with Crippen LogP contribution in [0.2, 0.25) is 0 Å². The molecule has 1 N–H and O–H groups in total. The molecule has 0 saturated carbocycles. The number of hydrogen-bond donors (Lipinski definition) is 1. The van der Waals surface area contributed by atoms with Crippen LogP contribution in [0.3, 0.4) is 0 Å². The molecule has 0 aliphatic rings. The molecular weight excluding hydrogens is 154 g/mol. The van der Waals surface area contributed by atoms with Crippen LogP contribution < -0.4 is 5.32 Å². The smallest absolute Gasteiger partial charge is 0.00154 e. The maximum Gasteiger partial charge on any atom is -0.00154 e. The minimum Gasteiger partial charge on any atom is -0.317 e. The summed E-state index contributed by atoms with van der Waals surface area (Å²) in [6, 6.07) is 0. The summed E-state index contributed by atoms with van der Waals surface area (Å²) in [6.45, 7) is 8.98. The fourth-order valence-electron chi connectivity index (χ4n) is 0.879. The first kappa shape index (κ1) is 11.3. The highest BCUT2D eigenvalue weighted by Crippen LogP contribution is 2.08. The molecule has 0 aliphatic heterocycles. The van der Waals surface area contributed by atoms with Crippen molar-refractivity contribution in [1.29, 1.82) is 0 Å². The maximum atomic E-state index is 3.36. The largest absolute Gasteiger partial charge is 0.317 e. The Morgan fingerprint density at radius 3 is 2.64 bits per heavy atom. The van der Waals surface area contributed by atoms with Gasteiger partial charge in [0, 0.05) is 0 Å². The monoisotopic (exact) mass is 175 g/mol. The van der Waals surface area contributed by atoms with Crippen molar-refractivity contribution in [2.75, 3.05) is 24.6 Å². The molecule has 0 aromatic carbocycles. The minimum atomic E-state index is 0.825. The van der Waals surface area contributed by atoms with Crippen molar-refractivity contribution in [2.45, 2.75) is 27.2 Å². The fraction of sp³-hybridized carbons (Fsp3) is 1.00. The lowest BCUT2D eigenvalue weighted by atomic mass is 10.2. The molecule has 1 unspecified atom stereocenters. The van der Waals surface area contributed by atoms with Crippen LogP contribution in [-0.2, 0) is 0 Å². The summed E-state index contributed by atoms with van der Waals surface area (Å²) in [5, 5.41) is 3.36. The molecule has 0 radical (unpaired) electrons. The summed E-state index contributed by atoms with van der Waals surface area (Å²) < 4.78 is 0. The van der Waals surface area contributed by atoms with Gasteiger partial charge in [0.25, 0.3) is 0 Å². The summed E-state index contributed by atoms with van der Waals surface area (Å²) in [4.78, 5) is 0. The van der Waals surface area contributed by atoms with E-state index in [4.69, 9.17) is 0 Å². The van der Waals surface area contributed by atoms with E-state index in [0.29, 0.717) is 0 Å². The van der Waals surface area contributed by atoms with Gasteiger partial charge in [0.1, 0.15) is 0 Å². The number of thioether (sulfide) groups is 1. The van der Waals surface area contributed by atoms with Gasteiger partial charge in [-0.15, -0.1) is 0 Å². The van der Waals surface area contributed by atoms with Crippen molar-refractivity contribution in [2.24, 2.45) is 5.92 Å². The van der Waals surface area contributed by atoms with Crippen molar-refractivity contribution in [3.63, 3.8) is 0 Å². The van der Waals surface area contributed by atoms with Crippen LogP contribution in [0.25, 0.3) is 0 Å². The van der Waals surface area contributed by atoms with E-state index in [1.807, 2.05) is 0 Å². The summed E-state index contributed by atoms with van der Waals surface area (Å²) in [6.07, 6.45) is 1.30. The predicted octanol–water partition coefficient (Wildman–Crippen LogP) is 2.38. The second kappa shape index (κ2) is 8.41. The third-order valence-corrected chi connectivity index (χ3v) is 3.00. The van der Waals surface area contributed by atoms with E-state index in [9.17, 15) is 0 Å². The summed E-state index contributed by atoms with van der Waals surface area (Å²) in [5.41, 5.74) is 0. The van der Waals surface area contributed by atoms with Crippen molar-refractivity contribution < 1.29 is 0 Å². The molecule has 0 aliphatic carbocycles. The SMILES string of the molecule is CCCSCC(C)CNCC. The highest BCUT2D eigenvalue weighted by atomic mass is 32.2. The van der Waals surface area contributed by atoms with E-state index in [0.717, 1.165) is 12.5 Å². The first-order valence-electron chi connectivity index (χ1n) is 4.59. The lowest BCUT2D eigenvalue weighted by Gasteiger charge is -2.10. The number of rotatable bonds is 7. The molecule has 0 bridgehead atoms. The van der Waals surface area contributed by atoms with Crippen LogP contribution in [0.5, 0.6) is 0 Å². The summed E-state index contributed by atoms with van der Waals surface area (Å²) in [7, 11) is 0. The van der Waals surface area contributed by atoms with Crippen LogP contribution >= 0.6 is 11.8 Å². The Morgan fingerprint density at radius 2 is 2.09 bits per heavy atom. The molecule has 11 heavy (non-hydrogen) atoms. The van der Waals surface area contributed by atoms with Crippen LogP contribution in [0.4, 0.5) is 0 Å². The van der Waals surface area contributed by atoms with Gasteiger partial charge < -0.3 is 5.32 Å². The summed E-state index contributed by atoms with van der Waals surface area (Å²) in [5.74, 6) is 3.45. The molecule has 68 valence electrons. The normalized spacial score (nSPS) is 13.4. The average Bonchev–Trinajstić information content (AvgIpc) is 2.01. The zero-order chi connectivity index (χ0) is 8.53. The lowest BCUT2D eigenvalue weighted by Crippen LogP contribution is -2.21. The third-order valence-electron chi connectivity index (χ3n) is 1.49. The van der Waals surface area contributed by atoms with Crippen LogP contribution in [0, 0.1) is 5.92 Å². The third kappa shape index (κ3) is 8.21. The molecule has 1 atom stereocenters. The van der Waals surface area contributed by atoms with E-state index in [-0.39, 0.29) is 0 Å². The first-order valence-corrected chi connectivity index (χ1v) is 5.75.